The zero-order valence-corrected chi connectivity index (χ0v) is 16.9. The van der Waals surface area contributed by atoms with Crippen LogP contribution in [-0.4, -0.2) is 66.5 Å². The molecule has 2 aliphatic rings. The highest BCUT2D eigenvalue weighted by molar-refractivity contribution is 6.31. The van der Waals surface area contributed by atoms with Crippen LogP contribution in [0, 0.1) is 6.92 Å². The number of benzene rings is 1. The van der Waals surface area contributed by atoms with E-state index in [1.54, 1.807) is 6.07 Å². The number of phenols is 1. The largest absolute Gasteiger partial charge is 0.507 e. The molecule has 0 saturated carbocycles. The molecule has 0 unspecified atom stereocenters. The van der Waals surface area contributed by atoms with Crippen molar-refractivity contribution in [3.63, 3.8) is 0 Å². The molecule has 1 atom stereocenters. The Morgan fingerprint density at radius 3 is 2.67 bits per heavy atom. The van der Waals surface area contributed by atoms with E-state index in [9.17, 15) is 5.11 Å². The number of halogens is 1. The van der Waals surface area contributed by atoms with Gasteiger partial charge >= 0.3 is 0 Å². The molecule has 2 aliphatic heterocycles. The van der Waals surface area contributed by atoms with Gasteiger partial charge in [0.25, 0.3) is 0 Å². The second-order valence-electron chi connectivity index (χ2n) is 7.73. The number of anilines is 2. The zero-order chi connectivity index (χ0) is 19.1. The first-order valence-corrected chi connectivity index (χ1v) is 9.85. The second-order valence-corrected chi connectivity index (χ2v) is 8.16. The van der Waals surface area contributed by atoms with Gasteiger partial charge in [-0.3, -0.25) is 0 Å². The molecule has 4 rings (SSSR count). The highest BCUT2D eigenvalue weighted by Crippen LogP contribution is 2.39. The minimum Gasteiger partial charge on any atom is -0.507 e. The molecule has 27 heavy (non-hydrogen) atoms. The smallest absolute Gasteiger partial charge is 0.175 e. The minimum atomic E-state index is 0.137. The average molecular weight is 388 g/mol. The molecule has 6 nitrogen and oxygen atoms in total. The molecule has 0 aliphatic carbocycles. The molecule has 144 valence electrons. The van der Waals surface area contributed by atoms with E-state index in [1.165, 1.54) is 12.8 Å². The minimum absolute atomic E-state index is 0.137. The lowest BCUT2D eigenvalue weighted by Gasteiger charge is -2.43. The molecule has 0 amide bonds. The molecule has 0 bridgehead atoms. The molecule has 1 N–H and O–H groups in total. The summed E-state index contributed by atoms with van der Waals surface area (Å²) in [6, 6.07) is 5.91. The Kier molecular flexibility index (Phi) is 4.86. The summed E-state index contributed by atoms with van der Waals surface area (Å²) in [5.41, 5.74) is 3.32. The van der Waals surface area contributed by atoms with Gasteiger partial charge in [0.2, 0.25) is 0 Å². The monoisotopic (exact) mass is 387 g/mol. The average Bonchev–Trinajstić information content (AvgIpc) is 2.61. The number of aromatic hydroxyl groups is 1. The molecule has 7 heteroatoms. The number of aryl methyl sites for hydroxylation is 1. The van der Waals surface area contributed by atoms with Crippen molar-refractivity contribution in [2.75, 3.05) is 50.1 Å². The van der Waals surface area contributed by atoms with Crippen LogP contribution in [0.3, 0.4) is 0 Å². The molecule has 1 saturated heterocycles. The number of nitrogens with zero attached hydrogens (tertiary/aromatic N) is 5. The maximum absolute atomic E-state index is 10.4. The van der Waals surface area contributed by atoms with Crippen LogP contribution < -0.4 is 9.80 Å². The summed E-state index contributed by atoms with van der Waals surface area (Å²) in [5.74, 6) is 1.08. The van der Waals surface area contributed by atoms with Crippen LogP contribution in [0.2, 0.25) is 5.02 Å². The molecule has 1 aromatic carbocycles. The highest BCUT2D eigenvalue weighted by Gasteiger charge is 2.31. The first-order chi connectivity index (χ1) is 12.9. The third kappa shape index (κ3) is 3.44. The van der Waals surface area contributed by atoms with Crippen LogP contribution in [0.25, 0.3) is 11.3 Å². The van der Waals surface area contributed by atoms with Gasteiger partial charge in [0.1, 0.15) is 5.75 Å². The summed E-state index contributed by atoms with van der Waals surface area (Å²) in [7, 11) is 4.27. The lowest BCUT2D eigenvalue weighted by Crippen LogP contribution is -2.51. The van der Waals surface area contributed by atoms with Gasteiger partial charge in [0.05, 0.1) is 11.4 Å². The highest BCUT2D eigenvalue weighted by atomic mass is 35.5. The Morgan fingerprint density at radius 1 is 1.11 bits per heavy atom. The molecule has 1 aromatic heterocycles. The number of hydrogen-bond acceptors (Lipinski definition) is 6. The predicted octanol–water partition coefficient (Wildman–Crippen LogP) is 3.16. The van der Waals surface area contributed by atoms with E-state index < -0.39 is 0 Å². The fourth-order valence-corrected chi connectivity index (χ4v) is 4.54. The van der Waals surface area contributed by atoms with Crippen molar-refractivity contribution in [2.24, 2.45) is 0 Å². The molecule has 3 heterocycles. The topological polar surface area (TPSA) is 55.7 Å². The van der Waals surface area contributed by atoms with Crippen molar-refractivity contribution in [1.29, 1.82) is 0 Å². The number of hydrogen-bond donors (Lipinski definition) is 1. The Balaban J connectivity index is 1.73. The van der Waals surface area contributed by atoms with Gasteiger partial charge in [-0.1, -0.05) is 11.6 Å². The van der Waals surface area contributed by atoms with Crippen LogP contribution in [0.4, 0.5) is 11.5 Å². The van der Waals surface area contributed by atoms with Gasteiger partial charge in [-0.25, -0.2) is 0 Å². The molecule has 0 spiro atoms. The van der Waals surface area contributed by atoms with E-state index in [1.807, 2.05) is 19.1 Å². The summed E-state index contributed by atoms with van der Waals surface area (Å²) < 4.78 is 0. The van der Waals surface area contributed by atoms with Crippen LogP contribution in [0.1, 0.15) is 18.4 Å². The van der Waals surface area contributed by atoms with Crippen molar-refractivity contribution in [3.05, 3.63) is 28.8 Å². The van der Waals surface area contributed by atoms with Gasteiger partial charge in [0.15, 0.2) is 5.82 Å². The first kappa shape index (κ1) is 18.3. The molecule has 1 fully saturated rings. The molecule has 0 radical (unpaired) electrons. The number of likely N-dealkylation sites (N-methyl/N-ethyl adjacent to an activating group) is 2. The van der Waals surface area contributed by atoms with Gasteiger partial charge in [-0.2, -0.15) is 0 Å². The Hall–Kier alpha value is -2.05. The summed E-state index contributed by atoms with van der Waals surface area (Å²) in [5, 5.41) is 20.0. The van der Waals surface area contributed by atoms with Crippen LogP contribution >= 0.6 is 11.6 Å². The fraction of sp³-hybridized carbons (Fsp3) is 0.500. The molecular formula is C20H26ClN5O. The Morgan fingerprint density at radius 2 is 1.93 bits per heavy atom. The number of likely N-dealkylation sites (tertiary alicyclic amines) is 1. The fourth-order valence-electron chi connectivity index (χ4n) is 4.27. The Bertz CT molecular complexity index is 835. The number of fused-ring (bicyclic) bond motifs is 1. The van der Waals surface area contributed by atoms with Crippen LogP contribution in [0.15, 0.2) is 18.2 Å². The number of phenolic OH excluding ortho intramolecular Hbond substituents is 1. The third-order valence-corrected chi connectivity index (χ3v) is 5.91. The van der Waals surface area contributed by atoms with Gasteiger partial charge in [-0.15, -0.1) is 10.2 Å². The van der Waals surface area contributed by atoms with Crippen molar-refractivity contribution >= 4 is 23.1 Å². The number of aromatic nitrogens is 2. The number of piperidine rings is 1. The van der Waals surface area contributed by atoms with E-state index in [-0.39, 0.29) is 5.75 Å². The van der Waals surface area contributed by atoms with Crippen molar-refractivity contribution in [2.45, 2.75) is 25.8 Å². The van der Waals surface area contributed by atoms with Gasteiger partial charge in [0, 0.05) is 43.3 Å². The second kappa shape index (κ2) is 7.17. The summed E-state index contributed by atoms with van der Waals surface area (Å²) in [6.07, 6.45) is 2.40. The van der Waals surface area contributed by atoms with Crippen molar-refractivity contribution < 1.29 is 5.11 Å². The lowest BCUT2D eigenvalue weighted by atomic mass is 10.0. The van der Waals surface area contributed by atoms with E-state index in [0.29, 0.717) is 22.3 Å². The van der Waals surface area contributed by atoms with E-state index >= 15 is 0 Å². The van der Waals surface area contributed by atoms with Gasteiger partial charge < -0.3 is 19.8 Å². The summed E-state index contributed by atoms with van der Waals surface area (Å²) >= 11 is 6.05. The summed E-state index contributed by atoms with van der Waals surface area (Å²) in [6.45, 7) is 6.06. The number of rotatable bonds is 2. The first-order valence-electron chi connectivity index (χ1n) is 9.47. The zero-order valence-electron chi connectivity index (χ0n) is 16.1. The Labute approximate surface area is 165 Å². The van der Waals surface area contributed by atoms with Crippen LogP contribution in [-0.2, 0) is 0 Å². The maximum atomic E-state index is 10.4. The summed E-state index contributed by atoms with van der Waals surface area (Å²) in [4.78, 5) is 7.03. The SMILES string of the molecule is Cc1cc(Cl)cc(O)c1-c1cc2c(nn1)N([C@H]1CCCN(C)C1)CCN2C. The molecule has 2 aromatic rings. The standard InChI is InChI=1S/C20H26ClN5O/c1-13-9-14(21)10-18(27)19(13)16-11-17-20(23-22-16)26(8-7-25(17)3)15-5-4-6-24(2)12-15/h9-11,15,27H,4-8,12H2,1-3H3/t15-/m0/s1. The van der Waals surface area contributed by atoms with Crippen LogP contribution in [0.5, 0.6) is 5.75 Å². The van der Waals surface area contributed by atoms with E-state index in [2.05, 4.69) is 39.0 Å². The molecular weight excluding hydrogens is 362 g/mol. The predicted molar refractivity (Wildman–Crippen MR) is 110 cm³/mol. The maximum Gasteiger partial charge on any atom is 0.175 e. The van der Waals surface area contributed by atoms with Crippen molar-refractivity contribution in [1.82, 2.24) is 15.1 Å². The normalized spacial score (nSPS) is 20.7. The lowest BCUT2D eigenvalue weighted by molar-refractivity contribution is 0.243. The van der Waals surface area contributed by atoms with E-state index in [4.69, 9.17) is 11.6 Å². The quantitative estimate of drug-likeness (QED) is 0.854. The van der Waals surface area contributed by atoms with Gasteiger partial charge in [-0.05, 0) is 57.1 Å². The van der Waals surface area contributed by atoms with E-state index in [0.717, 1.165) is 43.2 Å². The third-order valence-electron chi connectivity index (χ3n) is 5.69. The van der Waals surface area contributed by atoms with Crippen molar-refractivity contribution in [3.8, 4) is 17.0 Å².